The maximum atomic E-state index is 11.7. The predicted octanol–water partition coefficient (Wildman–Crippen LogP) is 3.12. The van der Waals surface area contributed by atoms with Gasteiger partial charge in [-0.05, 0) is 30.2 Å². The van der Waals surface area contributed by atoms with Crippen molar-refractivity contribution in [3.8, 4) is 0 Å². The number of aromatic nitrogens is 2. The number of pyridine rings is 1. The van der Waals surface area contributed by atoms with Crippen LogP contribution in [0.4, 0.5) is 4.79 Å². The van der Waals surface area contributed by atoms with E-state index in [1.165, 1.54) is 4.70 Å². The van der Waals surface area contributed by atoms with Crippen LogP contribution in [0.25, 0.3) is 10.2 Å². The number of para-hydroxylation sites is 1. The van der Waals surface area contributed by atoms with Crippen LogP contribution in [-0.2, 0) is 13.0 Å². The molecule has 0 unspecified atom stereocenters. The molecule has 0 bridgehead atoms. The molecule has 0 spiro atoms. The second-order valence-electron chi connectivity index (χ2n) is 5.15. The van der Waals surface area contributed by atoms with E-state index in [1.807, 2.05) is 30.3 Å². The lowest BCUT2D eigenvalue weighted by atomic mass is 10.3. The molecule has 6 heteroatoms. The van der Waals surface area contributed by atoms with Crippen molar-refractivity contribution < 1.29 is 4.79 Å². The highest BCUT2D eigenvalue weighted by Crippen LogP contribution is 2.22. The Kier molecular flexibility index (Phi) is 5.16. The number of aryl methyl sites for hydroxylation is 1. The van der Waals surface area contributed by atoms with Crippen LogP contribution in [-0.4, -0.2) is 22.5 Å². The number of carbonyl (C=O) groups is 1. The highest BCUT2D eigenvalue weighted by molar-refractivity contribution is 7.18. The molecule has 0 atom stereocenters. The topological polar surface area (TPSA) is 66.9 Å². The molecule has 0 saturated heterocycles. The van der Waals surface area contributed by atoms with Crippen LogP contribution in [0.2, 0.25) is 0 Å². The molecule has 0 aliphatic carbocycles. The molecule has 3 aromatic rings. The lowest BCUT2D eigenvalue weighted by Gasteiger charge is -2.06. The highest BCUT2D eigenvalue weighted by atomic mass is 32.1. The first kappa shape index (κ1) is 15.4. The van der Waals surface area contributed by atoms with Crippen molar-refractivity contribution in [1.29, 1.82) is 0 Å². The molecule has 0 saturated carbocycles. The van der Waals surface area contributed by atoms with E-state index >= 15 is 0 Å². The predicted molar refractivity (Wildman–Crippen MR) is 92.4 cm³/mol. The number of amides is 2. The van der Waals surface area contributed by atoms with Gasteiger partial charge in [0.1, 0.15) is 0 Å². The Bertz CT molecular complexity index is 739. The number of fused-ring (bicyclic) bond motifs is 1. The molecule has 0 aliphatic heterocycles. The second kappa shape index (κ2) is 7.69. The van der Waals surface area contributed by atoms with Crippen LogP contribution < -0.4 is 10.6 Å². The minimum absolute atomic E-state index is 0.154. The van der Waals surface area contributed by atoms with Crippen molar-refractivity contribution in [3.63, 3.8) is 0 Å². The van der Waals surface area contributed by atoms with Crippen LogP contribution in [0.5, 0.6) is 0 Å². The third-order valence-corrected chi connectivity index (χ3v) is 4.46. The number of rotatable bonds is 6. The van der Waals surface area contributed by atoms with Gasteiger partial charge in [-0.15, -0.1) is 11.3 Å². The summed E-state index contributed by atoms with van der Waals surface area (Å²) in [6, 6.07) is 11.8. The van der Waals surface area contributed by atoms with Gasteiger partial charge in [0.05, 0.1) is 15.2 Å². The molecule has 5 nitrogen and oxygen atoms in total. The number of urea groups is 1. The summed E-state index contributed by atoms with van der Waals surface area (Å²) < 4.78 is 1.21. The molecule has 2 amide bonds. The highest BCUT2D eigenvalue weighted by Gasteiger charge is 2.04. The van der Waals surface area contributed by atoms with Crippen molar-refractivity contribution >= 4 is 27.6 Å². The Balaban J connectivity index is 1.37. The van der Waals surface area contributed by atoms with Gasteiger partial charge in [-0.3, -0.25) is 4.98 Å². The van der Waals surface area contributed by atoms with E-state index < -0.39 is 0 Å². The first-order valence-corrected chi connectivity index (χ1v) is 8.38. The smallest absolute Gasteiger partial charge is 0.315 e. The second-order valence-corrected chi connectivity index (χ2v) is 6.26. The van der Waals surface area contributed by atoms with Crippen molar-refractivity contribution in [2.24, 2.45) is 0 Å². The Labute approximate surface area is 138 Å². The zero-order valence-electron chi connectivity index (χ0n) is 12.7. The molecular weight excluding hydrogens is 308 g/mol. The van der Waals surface area contributed by atoms with E-state index in [2.05, 4.69) is 26.7 Å². The summed E-state index contributed by atoms with van der Waals surface area (Å²) in [5, 5.41) is 6.79. The molecule has 23 heavy (non-hydrogen) atoms. The molecule has 2 heterocycles. The normalized spacial score (nSPS) is 10.6. The monoisotopic (exact) mass is 326 g/mol. The SMILES string of the molecule is O=C(NCCCc1nc2ccccc2s1)NCc1cccnc1. The Hall–Kier alpha value is -2.47. The molecule has 0 radical (unpaired) electrons. The summed E-state index contributed by atoms with van der Waals surface area (Å²) >= 11 is 1.72. The van der Waals surface area contributed by atoms with Gasteiger partial charge in [0.2, 0.25) is 0 Å². The molecule has 2 N–H and O–H groups in total. The first-order valence-electron chi connectivity index (χ1n) is 7.56. The van der Waals surface area contributed by atoms with E-state index in [9.17, 15) is 4.79 Å². The maximum absolute atomic E-state index is 11.7. The third-order valence-electron chi connectivity index (χ3n) is 3.37. The number of thiazole rings is 1. The summed E-state index contributed by atoms with van der Waals surface area (Å²) in [6.45, 7) is 1.12. The van der Waals surface area contributed by atoms with Gasteiger partial charge < -0.3 is 10.6 Å². The zero-order chi connectivity index (χ0) is 15.9. The number of benzene rings is 1. The molecule has 2 aromatic heterocycles. The lowest BCUT2D eigenvalue weighted by Crippen LogP contribution is -2.35. The lowest BCUT2D eigenvalue weighted by molar-refractivity contribution is 0.240. The number of hydrogen-bond acceptors (Lipinski definition) is 4. The van der Waals surface area contributed by atoms with Crippen LogP contribution in [0.3, 0.4) is 0 Å². The minimum atomic E-state index is -0.154. The van der Waals surface area contributed by atoms with Crippen LogP contribution in [0.15, 0.2) is 48.8 Å². The van der Waals surface area contributed by atoms with E-state index in [4.69, 9.17) is 0 Å². The Morgan fingerprint density at radius 3 is 2.87 bits per heavy atom. The molecule has 3 rings (SSSR count). The summed E-state index contributed by atoms with van der Waals surface area (Å²) in [5.41, 5.74) is 2.03. The van der Waals surface area contributed by atoms with Gasteiger partial charge in [0.15, 0.2) is 0 Å². The average molecular weight is 326 g/mol. The van der Waals surface area contributed by atoms with Gasteiger partial charge in [0, 0.05) is 31.9 Å². The molecule has 0 aliphatic rings. The summed E-state index contributed by atoms with van der Waals surface area (Å²) in [4.78, 5) is 20.3. The number of hydrogen-bond donors (Lipinski definition) is 2. The summed E-state index contributed by atoms with van der Waals surface area (Å²) in [6.07, 6.45) is 5.21. The fraction of sp³-hybridized carbons (Fsp3) is 0.235. The molecule has 0 fully saturated rings. The Morgan fingerprint density at radius 1 is 1.13 bits per heavy atom. The van der Waals surface area contributed by atoms with Crippen molar-refractivity contribution in [1.82, 2.24) is 20.6 Å². The zero-order valence-corrected chi connectivity index (χ0v) is 13.5. The average Bonchev–Trinajstić information content (AvgIpc) is 3.00. The van der Waals surface area contributed by atoms with Gasteiger partial charge in [-0.1, -0.05) is 18.2 Å². The van der Waals surface area contributed by atoms with Gasteiger partial charge in [-0.25, -0.2) is 9.78 Å². The van der Waals surface area contributed by atoms with Crippen LogP contribution in [0.1, 0.15) is 17.0 Å². The summed E-state index contributed by atoms with van der Waals surface area (Å²) in [5.74, 6) is 0. The number of nitrogens with one attached hydrogen (secondary N) is 2. The molecular formula is C17H18N4OS. The van der Waals surface area contributed by atoms with E-state index in [0.717, 1.165) is 28.9 Å². The molecule has 1 aromatic carbocycles. The van der Waals surface area contributed by atoms with Gasteiger partial charge in [0.25, 0.3) is 0 Å². The van der Waals surface area contributed by atoms with E-state index in [0.29, 0.717) is 13.1 Å². The summed E-state index contributed by atoms with van der Waals surface area (Å²) in [7, 11) is 0. The van der Waals surface area contributed by atoms with Gasteiger partial charge >= 0.3 is 6.03 Å². The number of carbonyl (C=O) groups excluding carboxylic acids is 1. The standard InChI is InChI=1S/C17H18N4OS/c22-17(20-12-13-5-3-9-18-11-13)19-10-4-8-16-21-14-6-1-2-7-15(14)23-16/h1-3,5-7,9,11H,4,8,10,12H2,(H2,19,20,22). The first-order chi connectivity index (χ1) is 11.3. The van der Waals surface area contributed by atoms with Crippen molar-refractivity contribution in [3.05, 3.63) is 59.4 Å². The van der Waals surface area contributed by atoms with Crippen molar-refractivity contribution in [2.45, 2.75) is 19.4 Å². The van der Waals surface area contributed by atoms with E-state index in [-0.39, 0.29) is 6.03 Å². The van der Waals surface area contributed by atoms with Crippen LogP contribution in [0, 0.1) is 0 Å². The van der Waals surface area contributed by atoms with Gasteiger partial charge in [-0.2, -0.15) is 0 Å². The maximum Gasteiger partial charge on any atom is 0.315 e. The quantitative estimate of drug-likeness (QED) is 0.684. The van der Waals surface area contributed by atoms with E-state index in [1.54, 1.807) is 23.7 Å². The fourth-order valence-electron chi connectivity index (χ4n) is 2.22. The number of nitrogens with zero attached hydrogens (tertiary/aromatic N) is 2. The van der Waals surface area contributed by atoms with Crippen LogP contribution >= 0.6 is 11.3 Å². The molecule has 118 valence electrons. The fourth-order valence-corrected chi connectivity index (χ4v) is 3.23. The van der Waals surface area contributed by atoms with Crippen molar-refractivity contribution in [2.75, 3.05) is 6.54 Å². The minimum Gasteiger partial charge on any atom is -0.338 e. The third kappa shape index (κ3) is 4.50. The largest absolute Gasteiger partial charge is 0.338 e. The Morgan fingerprint density at radius 2 is 2.04 bits per heavy atom.